The van der Waals surface area contributed by atoms with Crippen LogP contribution in [0.4, 0.5) is 5.69 Å². The fourth-order valence-electron chi connectivity index (χ4n) is 4.91. The van der Waals surface area contributed by atoms with Gasteiger partial charge in [0, 0.05) is 35.6 Å². The van der Waals surface area contributed by atoms with Gasteiger partial charge in [-0.05, 0) is 74.6 Å². The van der Waals surface area contributed by atoms with Gasteiger partial charge in [-0.25, -0.2) is 4.68 Å². The van der Waals surface area contributed by atoms with Gasteiger partial charge < -0.3 is 15.0 Å². The van der Waals surface area contributed by atoms with Gasteiger partial charge in [-0.15, -0.1) is 0 Å². The van der Waals surface area contributed by atoms with E-state index in [1.54, 1.807) is 0 Å². The fourth-order valence-corrected chi connectivity index (χ4v) is 4.91. The van der Waals surface area contributed by atoms with E-state index in [4.69, 9.17) is 9.84 Å². The van der Waals surface area contributed by atoms with Crippen LogP contribution in [0.1, 0.15) is 51.6 Å². The largest absolute Gasteiger partial charge is 0.378 e. The number of fused-ring (bicyclic) bond motifs is 1. The monoisotopic (exact) mass is 430 g/mol. The molecule has 1 aliphatic heterocycles. The summed E-state index contributed by atoms with van der Waals surface area (Å²) in [5.41, 5.74) is 7.65. The highest BCUT2D eigenvalue weighted by Crippen LogP contribution is 2.32. The fraction of sp³-hybridized carbons (Fsp3) is 0.385. The first-order valence-electron chi connectivity index (χ1n) is 11.5. The first-order valence-corrected chi connectivity index (χ1v) is 11.5. The van der Waals surface area contributed by atoms with Crippen LogP contribution in [0.25, 0.3) is 5.69 Å². The van der Waals surface area contributed by atoms with Crippen molar-refractivity contribution in [1.82, 2.24) is 15.1 Å². The molecule has 3 aromatic rings. The summed E-state index contributed by atoms with van der Waals surface area (Å²) in [5, 5.41) is 7.98. The first kappa shape index (κ1) is 20.8. The van der Waals surface area contributed by atoms with Crippen LogP contribution >= 0.6 is 0 Å². The van der Waals surface area contributed by atoms with Gasteiger partial charge >= 0.3 is 0 Å². The molecule has 1 fully saturated rings. The molecule has 0 spiro atoms. The molecule has 2 aromatic carbocycles. The lowest BCUT2D eigenvalue weighted by Crippen LogP contribution is -2.36. The summed E-state index contributed by atoms with van der Waals surface area (Å²) in [6, 6.07) is 14.4. The predicted molar refractivity (Wildman–Crippen MR) is 126 cm³/mol. The van der Waals surface area contributed by atoms with E-state index in [1.165, 1.54) is 16.8 Å². The van der Waals surface area contributed by atoms with Crippen molar-refractivity contribution < 1.29 is 9.53 Å². The number of nitrogens with one attached hydrogen (secondary N) is 1. The van der Waals surface area contributed by atoms with E-state index in [1.807, 2.05) is 29.1 Å². The molecule has 0 bridgehead atoms. The molecule has 6 heteroatoms. The number of hydrogen-bond acceptors (Lipinski definition) is 4. The van der Waals surface area contributed by atoms with Crippen LogP contribution in [0.3, 0.4) is 0 Å². The van der Waals surface area contributed by atoms with Crippen molar-refractivity contribution in [2.75, 3.05) is 31.2 Å². The number of rotatable bonds is 4. The molecule has 166 valence electrons. The summed E-state index contributed by atoms with van der Waals surface area (Å²) in [5.74, 6) is -0.0305. The van der Waals surface area contributed by atoms with E-state index >= 15 is 0 Å². The molecule has 2 aliphatic rings. The number of aromatic nitrogens is 2. The average Bonchev–Trinajstić information content (AvgIpc) is 3.24. The lowest BCUT2D eigenvalue weighted by atomic mass is 9.92. The number of ether oxygens (including phenoxy) is 1. The minimum atomic E-state index is -0.0305. The van der Waals surface area contributed by atoms with Crippen LogP contribution in [-0.2, 0) is 11.2 Å². The smallest absolute Gasteiger partial charge is 0.251 e. The Morgan fingerprint density at radius 2 is 1.84 bits per heavy atom. The average molecular weight is 431 g/mol. The summed E-state index contributed by atoms with van der Waals surface area (Å²) in [6.07, 6.45) is 4.87. The zero-order valence-corrected chi connectivity index (χ0v) is 18.8. The third-order valence-corrected chi connectivity index (χ3v) is 6.42. The predicted octanol–water partition coefficient (Wildman–Crippen LogP) is 4.13. The molecule has 0 saturated carbocycles. The third-order valence-electron chi connectivity index (χ3n) is 6.42. The molecule has 2 heterocycles. The highest BCUT2D eigenvalue weighted by atomic mass is 16.5. The Bertz CT molecular complexity index is 1110. The molecule has 1 atom stereocenters. The highest BCUT2D eigenvalue weighted by Gasteiger charge is 2.26. The SMILES string of the molecule is Cc1cc(C)cc(-n2ncc3c2CCCC3NC(=O)c2cccc(N3CCOCC3)c2)c1. The Kier molecular flexibility index (Phi) is 5.70. The zero-order valence-electron chi connectivity index (χ0n) is 18.8. The number of nitrogens with zero attached hydrogens (tertiary/aromatic N) is 3. The molecule has 1 N–H and O–H groups in total. The van der Waals surface area contributed by atoms with Gasteiger partial charge in [0.1, 0.15) is 0 Å². The van der Waals surface area contributed by atoms with Crippen LogP contribution < -0.4 is 10.2 Å². The Morgan fingerprint density at radius 3 is 2.62 bits per heavy atom. The molecule has 1 aliphatic carbocycles. The number of morpholine rings is 1. The molecule has 1 unspecified atom stereocenters. The van der Waals surface area contributed by atoms with E-state index in [9.17, 15) is 4.79 Å². The number of benzene rings is 2. The van der Waals surface area contributed by atoms with E-state index in [-0.39, 0.29) is 11.9 Å². The van der Waals surface area contributed by atoms with Crippen LogP contribution in [0, 0.1) is 13.8 Å². The second-order valence-electron chi connectivity index (χ2n) is 8.87. The van der Waals surface area contributed by atoms with Gasteiger partial charge in [0.25, 0.3) is 5.91 Å². The molecule has 32 heavy (non-hydrogen) atoms. The topological polar surface area (TPSA) is 59.4 Å². The maximum absolute atomic E-state index is 13.1. The van der Waals surface area contributed by atoms with Crippen LogP contribution in [0.5, 0.6) is 0 Å². The quantitative estimate of drug-likeness (QED) is 0.676. The molecule has 5 rings (SSSR count). The summed E-state index contributed by atoms with van der Waals surface area (Å²) in [4.78, 5) is 15.4. The molecule has 1 aromatic heterocycles. The van der Waals surface area contributed by atoms with E-state index in [0.717, 1.165) is 62.5 Å². The number of amides is 1. The lowest BCUT2D eigenvalue weighted by molar-refractivity contribution is 0.0932. The molecule has 1 saturated heterocycles. The van der Waals surface area contributed by atoms with Crippen molar-refractivity contribution in [3.63, 3.8) is 0 Å². The number of carbonyl (C=O) groups excluding carboxylic acids is 1. The number of hydrogen-bond donors (Lipinski definition) is 1. The standard InChI is InChI=1S/C26H30N4O2/c1-18-13-19(2)15-22(14-18)30-25-8-4-7-24(23(25)17-27-30)28-26(31)20-5-3-6-21(16-20)29-9-11-32-12-10-29/h3,5-6,13-17,24H,4,7-12H2,1-2H3,(H,28,31). The van der Waals surface area contributed by atoms with Gasteiger partial charge in [-0.1, -0.05) is 12.1 Å². The van der Waals surface area contributed by atoms with Crippen LogP contribution in [0.15, 0.2) is 48.7 Å². The second-order valence-corrected chi connectivity index (χ2v) is 8.87. The van der Waals surface area contributed by atoms with Crippen molar-refractivity contribution in [2.24, 2.45) is 0 Å². The van der Waals surface area contributed by atoms with Gasteiger partial charge in [-0.2, -0.15) is 5.10 Å². The summed E-state index contributed by atoms with van der Waals surface area (Å²) < 4.78 is 7.50. The van der Waals surface area contributed by atoms with E-state index in [0.29, 0.717) is 5.56 Å². The van der Waals surface area contributed by atoms with Gasteiger partial charge in [-0.3, -0.25) is 4.79 Å². The van der Waals surface area contributed by atoms with Crippen LogP contribution in [0.2, 0.25) is 0 Å². The second kappa shape index (κ2) is 8.79. The van der Waals surface area contributed by atoms with Crippen molar-refractivity contribution >= 4 is 11.6 Å². The van der Waals surface area contributed by atoms with Gasteiger partial charge in [0.15, 0.2) is 0 Å². The molecule has 0 radical (unpaired) electrons. The minimum absolute atomic E-state index is 0.0158. The van der Waals surface area contributed by atoms with E-state index in [2.05, 4.69) is 48.3 Å². The maximum atomic E-state index is 13.1. The Morgan fingerprint density at radius 1 is 1.06 bits per heavy atom. The zero-order chi connectivity index (χ0) is 22.1. The molecule has 1 amide bonds. The Labute approximate surface area is 189 Å². The first-order chi connectivity index (χ1) is 15.6. The summed E-state index contributed by atoms with van der Waals surface area (Å²) in [6.45, 7) is 7.39. The van der Waals surface area contributed by atoms with Crippen LogP contribution in [-0.4, -0.2) is 42.0 Å². The summed E-state index contributed by atoms with van der Waals surface area (Å²) in [7, 11) is 0. The number of anilines is 1. The van der Waals surface area contributed by atoms with Gasteiger partial charge in [0.05, 0.1) is 31.1 Å². The Hall–Kier alpha value is -3.12. The Balaban J connectivity index is 1.36. The molecular weight excluding hydrogens is 400 g/mol. The highest BCUT2D eigenvalue weighted by molar-refractivity contribution is 5.95. The number of aryl methyl sites for hydroxylation is 2. The van der Waals surface area contributed by atoms with Crippen molar-refractivity contribution in [3.8, 4) is 5.69 Å². The minimum Gasteiger partial charge on any atom is -0.378 e. The van der Waals surface area contributed by atoms with Gasteiger partial charge in [0.2, 0.25) is 0 Å². The van der Waals surface area contributed by atoms with Crippen molar-refractivity contribution in [2.45, 2.75) is 39.2 Å². The van der Waals surface area contributed by atoms with Crippen molar-refractivity contribution in [1.29, 1.82) is 0 Å². The van der Waals surface area contributed by atoms with Crippen molar-refractivity contribution in [3.05, 3.63) is 76.6 Å². The number of carbonyl (C=O) groups is 1. The van der Waals surface area contributed by atoms with E-state index < -0.39 is 0 Å². The molecule has 6 nitrogen and oxygen atoms in total. The maximum Gasteiger partial charge on any atom is 0.251 e. The third kappa shape index (κ3) is 4.15. The lowest BCUT2D eigenvalue weighted by Gasteiger charge is -2.29. The summed E-state index contributed by atoms with van der Waals surface area (Å²) >= 11 is 0. The molecular formula is C26H30N4O2. The normalized spacial score (nSPS) is 18.3.